The second kappa shape index (κ2) is 5.91. The van der Waals surface area contributed by atoms with Crippen LogP contribution >= 0.6 is 0 Å². The number of pyridine rings is 1. The molecule has 3 heteroatoms. The highest BCUT2D eigenvalue weighted by molar-refractivity contribution is 5.92. The van der Waals surface area contributed by atoms with Gasteiger partial charge in [0.2, 0.25) is 0 Å². The van der Waals surface area contributed by atoms with Crippen LogP contribution in [0.2, 0.25) is 0 Å². The number of hydrogen-bond acceptors (Lipinski definition) is 3. The van der Waals surface area contributed by atoms with Gasteiger partial charge >= 0.3 is 0 Å². The van der Waals surface area contributed by atoms with Gasteiger partial charge in [0, 0.05) is 18.1 Å². The average molecular weight is 258 g/mol. The van der Waals surface area contributed by atoms with E-state index >= 15 is 0 Å². The summed E-state index contributed by atoms with van der Waals surface area (Å²) in [5, 5.41) is 5.74. The lowest BCUT2D eigenvalue weighted by Crippen LogP contribution is -2.16. The Balaban J connectivity index is 2.23. The summed E-state index contributed by atoms with van der Waals surface area (Å²) in [6.07, 6.45) is 1.84. The molecule has 0 aliphatic rings. The number of aromatic nitrogens is 1. The standard InChI is InChI=1S/C16H22N2O/c1-11(2)12(3)10-18-16-15-6-5-14(19-4)9-13(15)7-8-17-16/h5-9,11-12H,10H2,1-4H3,(H,17,18). The topological polar surface area (TPSA) is 34.1 Å². The normalized spacial score (nSPS) is 12.7. The third-order valence-corrected chi connectivity index (χ3v) is 3.70. The van der Waals surface area contributed by atoms with E-state index in [-0.39, 0.29) is 0 Å². The van der Waals surface area contributed by atoms with Gasteiger partial charge in [-0.25, -0.2) is 4.98 Å². The number of nitrogens with zero attached hydrogens (tertiary/aromatic N) is 1. The van der Waals surface area contributed by atoms with Crippen molar-refractivity contribution in [3.63, 3.8) is 0 Å². The first-order valence-corrected chi connectivity index (χ1v) is 6.78. The average Bonchev–Trinajstić information content (AvgIpc) is 2.43. The molecule has 0 aliphatic carbocycles. The van der Waals surface area contributed by atoms with Gasteiger partial charge in [-0.3, -0.25) is 0 Å². The van der Waals surface area contributed by atoms with Crippen molar-refractivity contribution in [2.75, 3.05) is 19.0 Å². The first-order valence-electron chi connectivity index (χ1n) is 6.78. The summed E-state index contributed by atoms with van der Waals surface area (Å²) in [6, 6.07) is 8.08. The molecular formula is C16H22N2O. The Kier molecular flexibility index (Phi) is 4.25. The fourth-order valence-corrected chi connectivity index (χ4v) is 1.92. The van der Waals surface area contributed by atoms with E-state index in [0.717, 1.165) is 28.9 Å². The van der Waals surface area contributed by atoms with Crippen LogP contribution in [0.3, 0.4) is 0 Å². The Bertz CT molecular complexity index is 551. The van der Waals surface area contributed by atoms with Crippen LogP contribution in [0.1, 0.15) is 20.8 Å². The Labute approximate surface area is 115 Å². The van der Waals surface area contributed by atoms with Gasteiger partial charge in [0.25, 0.3) is 0 Å². The number of benzene rings is 1. The Hall–Kier alpha value is -1.77. The third-order valence-electron chi connectivity index (χ3n) is 3.70. The largest absolute Gasteiger partial charge is 0.497 e. The molecule has 1 aromatic carbocycles. The molecule has 0 bridgehead atoms. The lowest BCUT2D eigenvalue weighted by molar-refractivity contribution is 0.415. The van der Waals surface area contributed by atoms with Gasteiger partial charge in [-0.2, -0.15) is 0 Å². The van der Waals surface area contributed by atoms with E-state index in [1.165, 1.54) is 0 Å². The molecule has 0 amide bonds. The molecule has 3 nitrogen and oxygen atoms in total. The molecule has 19 heavy (non-hydrogen) atoms. The second-order valence-electron chi connectivity index (χ2n) is 5.35. The number of methoxy groups -OCH3 is 1. The molecule has 0 aliphatic heterocycles. The van der Waals surface area contributed by atoms with Crippen molar-refractivity contribution >= 4 is 16.6 Å². The summed E-state index contributed by atoms with van der Waals surface area (Å²) in [6.45, 7) is 7.68. The van der Waals surface area contributed by atoms with E-state index in [2.05, 4.69) is 37.1 Å². The maximum absolute atomic E-state index is 5.25. The molecule has 102 valence electrons. The number of nitrogens with one attached hydrogen (secondary N) is 1. The highest BCUT2D eigenvalue weighted by Crippen LogP contribution is 2.25. The number of ether oxygens (including phenoxy) is 1. The van der Waals surface area contributed by atoms with Crippen LogP contribution in [0.25, 0.3) is 10.8 Å². The summed E-state index contributed by atoms with van der Waals surface area (Å²) in [5.41, 5.74) is 0. The van der Waals surface area contributed by atoms with Crippen LogP contribution < -0.4 is 10.1 Å². The fraction of sp³-hybridized carbons (Fsp3) is 0.438. The van der Waals surface area contributed by atoms with Crippen molar-refractivity contribution in [1.29, 1.82) is 0 Å². The lowest BCUT2D eigenvalue weighted by Gasteiger charge is -2.17. The number of hydrogen-bond donors (Lipinski definition) is 1. The molecule has 0 fully saturated rings. The van der Waals surface area contributed by atoms with Gasteiger partial charge in [0.1, 0.15) is 11.6 Å². The summed E-state index contributed by atoms with van der Waals surface area (Å²) in [7, 11) is 1.69. The molecule has 2 aromatic rings. The van der Waals surface area contributed by atoms with E-state index in [4.69, 9.17) is 4.74 Å². The predicted octanol–water partition coefficient (Wildman–Crippen LogP) is 3.95. The molecule has 1 N–H and O–H groups in total. The minimum absolute atomic E-state index is 0.621. The minimum atomic E-state index is 0.621. The molecule has 1 heterocycles. The van der Waals surface area contributed by atoms with Gasteiger partial charge in [0.15, 0.2) is 0 Å². The van der Waals surface area contributed by atoms with Crippen molar-refractivity contribution in [2.45, 2.75) is 20.8 Å². The van der Waals surface area contributed by atoms with Crippen LogP contribution in [0.4, 0.5) is 5.82 Å². The fourth-order valence-electron chi connectivity index (χ4n) is 1.92. The van der Waals surface area contributed by atoms with E-state index < -0.39 is 0 Å². The number of fused-ring (bicyclic) bond motifs is 1. The van der Waals surface area contributed by atoms with Crippen molar-refractivity contribution in [2.24, 2.45) is 11.8 Å². The first kappa shape index (κ1) is 13.7. The van der Waals surface area contributed by atoms with Gasteiger partial charge in [-0.1, -0.05) is 20.8 Å². The molecular weight excluding hydrogens is 236 g/mol. The van der Waals surface area contributed by atoms with Crippen LogP contribution in [0, 0.1) is 11.8 Å². The zero-order valence-electron chi connectivity index (χ0n) is 12.1. The van der Waals surface area contributed by atoms with Crippen molar-refractivity contribution in [3.8, 4) is 5.75 Å². The molecule has 0 saturated carbocycles. The first-order chi connectivity index (χ1) is 9.11. The van der Waals surface area contributed by atoms with Gasteiger partial charge in [-0.15, -0.1) is 0 Å². The van der Waals surface area contributed by atoms with Crippen molar-refractivity contribution < 1.29 is 4.74 Å². The monoisotopic (exact) mass is 258 g/mol. The summed E-state index contributed by atoms with van der Waals surface area (Å²) in [4.78, 5) is 4.44. The zero-order chi connectivity index (χ0) is 13.8. The van der Waals surface area contributed by atoms with Gasteiger partial charge < -0.3 is 10.1 Å². The summed E-state index contributed by atoms with van der Waals surface area (Å²) < 4.78 is 5.25. The molecule has 0 spiro atoms. The Morgan fingerprint density at radius 2 is 2.00 bits per heavy atom. The quantitative estimate of drug-likeness (QED) is 0.881. The number of anilines is 1. The van der Waals surface area contributed by atoms with Crippen molar-refractivity contribution in [3.05, 3.63) is 30.5 Å². The van der Waals surface area contributed by atoms with E-state index in [1.807, 2.05) is 24.4 Å². The van der Waals surface area contributed by atoms with E-state index in [9.17, 15) is 0 Å². The van der Waals surface area contributed by atoms with Crippen LogP contribution in [0.15, 0.2) is 30.5 Å². The van der Waals surface area contributed by atoms with Gasteiger partial charge in [0.05, 0.1) is 7.11 Å². The minimum Gasteiger partial charge on any atom is -0.497 e. The Morgan fingerprint density at radius 3 is 2.68 bits per heavy atom. The summed E-state index contributed by atoms with van der Waals surface area (Å²) in [5.74, 6) is 3.12. The second-order valence-corrected chi connectivity index (χ2v) is 5.35. The maximum atomic E-state index is 5.25. The van der Waals surface area contributed by atoms with Crippen molar-refractivity contribution in [1.82, 2.24) is 4.98 Å². The van der Waals surface area contributed by atoms with Crippen LogP contribution in [-0.4, -0.2) is 18.6 Å². The molecule has 1 aromatic heterocycles. The molecule has 2 rings (SSSR count). The molecule has 0 saturated heterocycles. The Morgan fingerprint density at radius 1 is 1.21 bits per heavy atom. The zero-order valence-corrected chi connectivity index (χ0v) is 12.1. The third kappa shape index (κ3) is 3.16. The highest BCUT2D eigenvalue weighted by Gasteiger charge is 2.08. The molecule has 0 radical (unpaired) electrons. The predicted molar refractivity (Wildman–Crippen MR) is 80.8 cm³/mol. The number of rotatable bonds is 5. The highest BCUT2D eigenvalue weighted by atomic mass is 16.5. The SMILES string of the molecule is COc1ccc2c(NCC(C)C(C)C)nccc2c1. The van der Waals surface area contributed by atoms with E-state index in [0.29, 0.717) is 11.8 Å². The van der Waals surface area contributed by atoms with Gasteiger partial charge in [-0.05, 0) is 41.5 Å². The smallest absolute Gasteiger partial charge is 0.133 e. The van der Waals surface area contributed by atoms with E-state index in [1.54, 1.807) is 7.11 Å². The maximum Gasteiger partial charge on any atom is 0.133 e. The summed E-state index contributed by atoms with van der Waals surface area (Å²) >= 11 is 0. The van der Waals surface area contributed by atoms with Crippen LogP contribution in [0.5, 0.6) is 5.75 Å². The van der Waals surface area contributed by atoms with Crippen LogP contribution in [-0.2, 0) is 0 Å². The molecule has 1 unspecified atom stereocenters. The molecule has 1 atom stereocenters. The lowest BCUT2D eigenvalue weighted by atomic mass is 9.98.